The van der Waals surface area contributed by atoms with Gasteiger partial charge in [0.05, 0.1) is 6.07 Å². The molecule has 8 nitrogen and oxygen atoms in total. The molecule has 3 N–H and O–H groups in total. The molecule has 0 aromatic carbocycles. The lowest BCUT2D eigenvalue weighted by Gasteiger charge is -1.94. The normalized spacial score (nSPS) is 11.1. The summed E-state index contributed by atoms with van der Waals surface area (Å²) in [5, 5.41) is 13.8. The van der Waals surface area contributed by atoms with Crippen molar-refractivity contribution in [2.24, 2.45) is 10.8 Å². The fraction of sp³-hybridized carbons (Fsp3) is 0.143. The molecule has 1 rings (SSSR count). The van der Waals surface area contributed by atoms with Gasteiger partial charge in [0.25, 0.3) is 0 Å². The first-order valence-corrected chi connectivity index (χ1v) is 3.85. The Kier molecular flexibility index (Phi) is 3.01. The molecule has 0 atom stereocenters. The summed E-state index contributed by atoms with van der Waals surface area (Å²) in [6.45, 7) is 1.51. The molecule has 0 saturated heterocycles. The van der Waals surface area contributed by atoms with Gasteiger partial charge in [-0.3, -0.25) is 10.1 Å². The molecule has 0 saturated carbocycles. The molecule has 15 heavy (non-hydrogen) atoms. The van der Waals surface area contributed by atoms with Crippen molar-refractivity contribution >= 4 is 17.6 Å². The number of carbonyl (C=O) groups excluding carboxylic acids is 1. The summed E-state index contributed by atoms with van der Waals surface area (Å²) >= 11 is 0. The molecule has 80 valence electrons. The lowest BCUT2D eigenvalue weighted by atomic mass is 10.3. The molecule has 0 unspecified atom stereocenters. The SMILES string of the molecule is CC(=NNC(N)=O)c1ccc([N+](=O)[O-])o1. The number of urea groups is 1. The highest BCUT2D eigenvalue weighted by Gasteiger charge is 2.13. The van der Waals surface area contributed by atoms with Crippen LogP contribution in [0.4, 0.5) is 10.7 Å². The summed E-state index contributed by atoms with van der Waals surface area (Å²) in [7, 11) is 0. The number of hydrogen-bond acceptors (Lipinski definition) is 5. The van der Waals surface area contributed by atoms with E-state index in [4.69, 9.17) is 10.2 Å². The number of nitro groups is 1. The Bertz CT molecular complexity index is 422. The van der Waals surface area contributed by atoms with Crippen molar-refractivity contribution < 1.29 is 14.1 Å². The van der Waals surface area contributed by atoms with Crippen LogP contribution in [0.25, 0.3) is 0 Å². The molecular formula is C7H8N4O4. The minimum Gasteiger partial charge on any atom is -0.399 e. The predicted molar refractivity (Wildman–Crippen MR) is 50.3 cm³/mol. The van der Waals surface area contributed by atoms with Crippen LogP contribution in [0.2, 0.25) is 0 Å². The van der Waals surface area contributed by atoms with E-state index < -0.39 is 16.8 Å². The topological polar surface area (TPSA) is 124 Å². The van der Waals surface area contributed by atoms with Crippen molar-refractivity contribution in [3.8, 4) is 0 Å². The van der Waals surface area contributed by atoms with Gasteiger partial charge in [-0.25, -0.2) is 10.2 Å². The molecule has 1 aromatic rings. The number of nitrogens with one attached hydrogen (secondary N) is 1. The Balaban J connectivity index is 2.82. The van der Waals surface area contributed by atoms with Crippen LogP contribution in [-0.2, 0) is 0 Å². The van der Waals surface area contributed by atoms with E-state index in [1.807, 2.05) is 5.43 Å². The van der Waals surface area contributed by atoms with Crippen LogP contribution in [0, 0.1) is 10.1 Å². The van der Waals surface area contributed by atoms with Crippen LogP contribution < -0.4 is 11.2 Å². The molecule has 0 spiro atoms. The maximum Gasteiger partial charge on any atom is 0.433 e. The maximum atomic E-state index is 10.3. The van der Waals surface area contributed by atoms with Crippen LogP contribution in [-0.4, -0.2) is 16.7 Å². The van der Waals surface area contributed by atoms with Gasteiger partial charge in [-0.1, -0.05) is 0 Å². The first kappa shape index (κ1) is 10.7. The van der Waals surface area contributed by atoms with Crippen molar-refractivity contribution in [2.75, 3.05) is 0 Å². The Morgan fingerprint density at radius 3 is 2.80 bits per heavy atom. The lowest BCUT2D eigenvalue weighted by Crippen LogP contribution is -2.25. The van der Waals surface area contributed by atoms with Gasteiger partial charge in [0.1, 0.15) is 10.6 Å². The van der Waals surface area contributed by atoms with Crippen molar-refractivity contribution in [3.63, 3.8) is 0 Å². The van der Waals surface area contributed by atoms with Crippen molar-refractivity contribution in [2.45, 2.75) is 6.92 Å². The highest BCUT2D eigenvalue weighted by molar-refractivity contribution is 5.96. The van der Waals surface area contributed by atoms with Crippen molar-refractivity contribution in [1.29, 1.82) is 0 Å². The number of hydrogen-bond donors (Lipinski definition) is 2. The van der Waals surface area contributed by atoms with Gasteiger partial charge < -0.3 is 10.2 Å². The number of furan rings is 1. The smallest absolute Gasteiger partial charge is 0.399 e. The summed E-state index contributed by atoms with van der Waals surface area (Å²) in [5.74, 6) is -0.200. The van der Waals surface area contributed by atoms with Crippen LogP contribution in [0.15, 0.2) is 21.7 Å². The number of amides is 2. The number of rotatable bonds is 3. The quantitative estimate of drug-likeness (QED) is 0.432. The zero-order valence-electron chi connectivity index (χ0n) is 7.76. The van der Waals surface area contributed by atoms with Gasteiger partial charge >= 0.3 is 11.9 Å². The van der Waals surface area contributed by atoms with E-state index in [2.05, 4.69) is 5.10 Å². The second-order valence-electron chi connectivity index (χ2n) is 2.57. The third-order valence-electron chi connectivity index (χ3n) is 1.46. The average Bonchev–Trinajstić information content (AvgIpc) is 2.62. The molecule has 0 aliphatic rings. The van der Waals surface area contributed by atoms with E-state index in [0.29, 0.717) is 0 Å². The number of carbonyl (C=O) groups is 1. The van der Waals surface area contributed by atoms with Gasteiger partial charge in [-0.15, -0.1) is 0 Å². The van der Waals surface area contributed by atoms with Gasteiger partial charge in [0.2, 0.25) is 0 Å². The fourth-order valence-corrected chi connectivity index (χ4v) is 0.814. The van der Waals surface area contributed by atoms with Crippen LogP contribution >= 0.6 is 0 Å². The second kappa shape index (κ2) is 4.22. The van der Waals surface area contributed by atoms with Gasteiger partial charge in [0, 0.05) is 0 Å². The van der Waals surface area contributed by atoms with Crippen LogP contribution in [0.3, 0.4) is 0 Å². The van der Waals surface area contributed by atoms with Crippen molar-refractivity contribution in [1.82, 2.24) is 5.43 Å². The highest BCUT2D eigenvalue weighted by atomic mass is 16.6. The first-order chi connectivity index (χ1) is 7.00. The van der Waals surface area contributed by atoms with E-state index in [0.717, 1.165) is 0 Å². The molecule has 0 aliphatic carbocycles. The third-order valence-corrected chi connectivity index (χ3v) is 1.46. The number of primary amides is 1. The average molecular weight is 212 g/mol. The Hall–Kier alpha value is -2.38. The Morgan fingerprint density at radius 1 is 1.67 bits per heavy atom. The van der Waals surface area contributed by atoms with E-state index >= 15 is 0 Å². The summed E-state index contributed by atoms with van der Waals surface area (Å²) < 4.78 is 4.82. The summed E-state index contributed by atoms with van der Waals surface area (Å²) in [6, 6.07) is 1.74. The van der Waals surface area contributed by atoms with Crippen LogP contribution in [0.1, 0.15) is 12.7 Å². The van der Waals surface area contributed by atoms with Crippen molar-refractivity contribution in [3.05, 3.63) is 28.0 Å². The summed E-state index contributed by atoms with van der Waals surface area (Å²) in [6.07, 6.45) is 0. The lowest BCUT2D eigenvalue weighted by molar-refractivity contribution is -0.402. The number of nitrogens with two attached hydrogens (primary N) is 1. The van der Waals surface area contributed by atoms with E-state index in [1.165, 1.54) is 19.1 Å². The standard InChI is InChI=1S/C7H8N4O4/c1-4(9-10-7(8)12)5-2-3-6(15-5)11(13)14/h2-3H,1H3,(H3,8,10,12). The molecule has 8 heteroatoms. The molecule has 1 heterocycles. The molecule has 0 radical (unpaired) electrons. The molecular weight excluding hydrogens is 204 g/mol. The molecule has 0 aliphatic heterocycles. The number of hydrazone groups is 1. The summed E-state index contributed by atoms with van der Waals surface area (Å²) in [5.41, 5.74) is 7.04. The Labute approximate surface area is 83.9 Å². The fourth-order valence-electron chi connectivity index (χ4n) is 0.814. The van der Waals surface area contributed by atoms with E-state index in [9.17, 15) is 14.9 Å². The van der Waals surface area contributed by atoms with Gasteiger partial charge in [-0.2, -0.15) is 5.10 Å². The largest absolute Gasteiger partial charge is 0.433 e. The van der Waals surface area contributed by atoms with Gasteiger partial charge in [0.15, 0.2) is 5.76 Å². The second-order valence-corrected chi connectivity index (χ2v) is 2.57. The monoisotopic (exact) mass is 212 g/mol. The molecule has 1 aromatic heterocycles. The highest BCUT2D eigenvalue weighted by Crippen LogP contribution is 2.15. The molecule has 2 amide bonds. The minimum atomic E-state index is -0.824. The first-order valence-electron chi connectivity index (χ1n) is 3.85. The number of nitrogens with zero attached hydrogens (tertiary/aromatic N) is 2. The predicted octanol–water partition coefficient (Wildman–Crippen LogP) is 0.580. The van der Waals surface area contributed by atoms with E-state index in [1.54, 1.807) is 0 Å². The maximum absolute atomic E-state index is 10.3. The minimum absolute atomic E-state index is 0.190. The Morgan fingerprint density at radius 2 is 2.33 bits per heavy atom. The summed E-state index contributed by atoms with van der Waals surface area (Å²) in [4.78, 5) is 19.9. The van der Waals surface area contributed by atoms with Gasteiger partial charge in [-0.05, 0) is 13.0 Å². The van der Waals surface area contributed by atoms with Crippen LogP contribution in [0.5, 0.6) is 0 Å². The zero-order chi connectivity index (χ0) is 11.4. The zero-order valence-corrected chi connectivity index (χ0v) is 7.76. The molecule has 0 fully saturated rings. The molecule has 0 bridgehead atoms. The third kappa shape index (κ3) is 2.79. The van der Waals surface area contributed by atoms with E-state index in [-0.39, 0.29) is 11.5 Å².